The van der Waals surface area contributed by atoms with Gasteiger partial charge in [0, 0.05) is 12.8 Å². The van der Waals surface area contributed by atoms with Gasteiger partial charge in [-0.3, -0.25) is 9.59 Å². The van der Waals surface area contributed by atoms with Gasteiger partial charge in [0.2, 0.25) is 0 Å². The van der Waals surface area contributed by atoms with Crippen LogP contribution in [0.15, 0.2) is 0 Å². The van der Waals surface area contributed by atoms with E-state index in [9.17, 15) is 9.59 Å². The second-order valence-corrected chi connectivity index (χ2v) is 4.03. The highest BCUT2D eigenvalue weighted by Gasteiger charge is 2.03. The van der Waals surface area contributed by atoms with Gasteiger partial charge in [0.05, 0.1) is 6.61 Å². The first-order valence-corrected chi connectivity index (χ1v) is 5.99. The Morgan fingerprint density at radius 1 is 1.07 bits per heavy atom. The minimum absolute atomic E-state index is 0.175. The van der Waals surface area contributed by atoms with Gasteiger partial charge in [0.1, 0.15) is 0 Å². The predicted molar refractivity (Wildman–Crippen MR) is 62.9 cm³/mol. The predicted octanol–water partition coefficient (Wildman–Crippen LogP) is 2.74. The highest BCUT2D eigenvalue weighted by molar-refractivity contribution is 7.96. The van der Waals surface area contributed by atoms with Crippen molar-refractivity contribution in [3.8, 4) is 0 Å². The maximum atomic E-state index is 11.1. The molecular formula is C11H20O3S. The lowest BCUT2D eigenvalue weighted by molar-refractivity contribution is -0.143. The van der Waals surface area contributed by atoms with Gasteiger partial charge in [-0.25, -0.2) is 0 Å². The van der Waals surface area contributed by atoms with E-state index in [0.29, 0.717) is 25.9 Å². The Morgan fingerprint density at radius 2 is 1.80 bits per heavy atom. The van der Waals surface area contributed by atoms with Crippen molar-refractivity contribution in [2.24, 2.45) is 0 Å². The maximum Gasteiger partial charge on any atom is 0.305 e. The van der Waals surface area contributed by atoms with Gasteiger partial charge in [-0.1, -0.05) is 26.2 Å². The highest BCUT2D eigenvalue weighted by Crippen LogP contribution is 2.03. The zero-order chi connectivity index (χ0) is 11.5. The zero-order valence-electron chi connectivity index (χ0n) is 9.33. The molecule has 0 saturated heterocycles. The Balaban J connectivity index is 3.22. The van der Waals surface area contributed by atoms with Crippen molar-refractivity contribution >= 4 is 23.7 Å². The molecule has 0 fully saturated rings. The average molecular weight is 232 g/mol. The largest absolute Gasteiger partial charge is 0.466 e. The van der Waals surface area contributed by atoms with E-state index >= 15 is 0 Å². The average Bonchev–Trinajstić information content (AvgIpc) is 2.17. The van der Waals surface area contributed by atoms with E-state index in [1.807, 2.05) is 0 Å². The number of hydrogen-bond donors (Lipinski definition) is 1. The van der Waals surface area contributed by atoms with Crippen LogP contribution in [0.1, 0.15) is 51.9 Å². The zero-order valence-corrected chi connectivity index (χ0v) is 10.2. The summed E-state index contributed by atoms with van der Waals surface area (Å²) in [5.41, 5.74) is 0. The molecule has 0 amide bonds. The Bertz CT molecular complexity index is 192. The molecule has 0 atom stereocenters. The van der Waals surface area contributed by atoms with Crippen LogP contribution in [0.2, 0.25) is 0 Å². The van der Waals surface area contributed by atoms with Gasteiger partial charge < -0.3 is 4.74 Å². The summed E-state index contributed by atoms with van der Waals surface area (Å²) < 4.78 is 5.00. The molecule has 15 heavy (non-hydrogen) atoms. The summed E-state index contributed by atoms with van der Waals surface area (Å²) in [5.74, 6) is -0.207. The van der Waals surface area contributed by atoms with Crippen molar-refractivity contribution in [2.75, 3.05) is 6.61 Å². The number of ether oxygens (including phenoxy) is 1. The standard InChI is InChI=1S/C11H20O3S/c1-2-3-4-5-9-14-10(12)7-6-8-11(13)15/h2-9H2,1H3,(H,13,15). The Kier molecular flexibility index (Phi) is 9.68. The lowest BCUT2D eigenvalue weighted by atomic mass is 10.2. The molecule has 0 heterocycles. The lowest BCUT2D eigenvalue weighted by Gasteiger charge is -2.03. The van der Waals surface area contributed by atoms with Gasteiger partial charge in [-0.05, 0) is 12.8 Å². The van der Waals surface area contributed by atoms with Gasteiger partial charge >= 0.3 is 5.97 Å². The molecule has 0 bridgehead atoms. The first-order chi connectivity index (χ1) is 7.16. The van der Waals surface area contributed by atoms with Crippen molar-refractivity contribution in [1.29, 1.82) is 0 Å². The number of carbonyl (C=O) groups is 2. The van der Waals surface area contributed by atoms with Gasteiger partial charge in [-0.15, -0.1) is 12.6 Å². The monoisotopic (exact) mass is 232 g/mol. The summed E-state index contributed by atoms with van der Waals surface area (Å²) in [6.45, 7) is 2.65. The number of carbonyl (C=O) groups excluding carboxylic acids is 2. The third kappa shape index (κ3) is 11.4. The van der Waals surface area contributed by atoms with Crippen LogP contribution in [-0.2, 0) is 14.3 Å². The fourth-order valence-corrected chi connectivity index (χ4v) is 1.33. The van der Waals surface area contributed by atoms with Crippen LogP contribution in [0.4, 0.5) is 0 Å². The fourth-order valence-electron chi connectivity index (χ4n) is 1.17. The third-order valence-electron chi connectivity index (χ3n) is 2.03. The van der Waals surface area contributed by atoms with E-state index in [2.05, 4.69) is 19.6 Å². The van der Waals surface area contributed by atoms with Crippen LogP contribution in [0.25, 0.3) is 0 Å². The molecule has 0 aliphatic rings. The molecule has 0 aromatic carbocycles. The molecule has 0 spiro atoms. The molecule has 88 valence electrons. The van der Waals surface area contributed by atoms with Crippen LogP contribution < -0.4 is 0 Å². The van der Waals surface area contributed by atoms with E-state index in [0.717, 1.165) is 12.8 Å². The highest BCUT2D eigenvalue weighted by atomic mass is 32.1. The van der Waals surface area contributed by atoms with Crippen LogP contribution in [0.3, 0.4) is 0 Å². The number of rotatable bonds is 9. The summed E-state index contributed by atoms with van der Waals surface area (Å²) in [6, 6.07) is 0. The van der Waals surface area contributed by atoms with Gasteiger partial charge in [0.25, 0.3) is 0 Å². The lowest BCUT2D eigenvalue weighted by Crippen LogP contribution is -2.06. The summed E-state index contributed by atoms with van der Waals surface area (Å²) in [5, 5.41) is -0.175. The summed E-state index contributed by atoms with van der Waals surface area (Å²) in [6.07, 6.45) is 5.61. The molecular weight excluding hydrogens is 212 g/mol. The molecule has 4 heteroatoms. The molecule has 0 N–H and O–H groups in total. The Hall–Kier alpha value is -0.510. The minimum Gasteiger partial charge on any atom is -0.466 e. The number of unbranched alkanes of at least 4 members (excludes halogenated alkanes) is 3. The quantitative estimate of drug-likeness (QED) is 0.377. The summed E-state index contributed by atoms with van der Waals surface area (Å²) in [4.78, 5) is 21.6. The van der Waals surface area contributed by atoms with Crippen molar-refractivity contribution in [3.05, 3.63) is 0 Å². The summed E-state index contributed by atoms with van der Waals surface area (Å²) in [7, 11) is 0. The second-order valence-electron chi connectivity index (χ2n) is 3.53. The van der Waals surface area contributed by atoms with Gasteiger partial charge in [-0.2, -0.15) is 0 Å². The third-order valence-corrected chi connectivity index (χ3v) is 2.26. The van der Waals surface area contributed by atoms with E-state index in [1.165, 1.54) is 12.8 Å². The number of thiol groups is 1. The molecule has 0 aliphatic carbocycles. The molecule has 3 nitrogen and oxygen atoms in total. The number of hydrogen-bond acceptors (Lipinski definition) is 3. The van der Waals surface area contributed by atoms with E-state index in [-0.39, 0.29) is 11.1 Å². The van der Waals surface area contributed by atoms with E-state index < -0.39 is 0 Å². The van der Waals surface area contributed by atoms with Crippen molar-refractivity contribution in [1.82, 2.24) is 0 Å². The fraction of sp³-hybridized carbons (Fsp3) is 0.818. The van der Waals surface area contributed by atoms with E-state index in [1.54, 1.807) is 0 Å². The molecule has 0 saturated carbocycles. The topological polar surface area (TPSA) is 43.4 Å². The van der Waals surface area contributed by atoms with Crippen molar-refractivity contribution < 1.29 is 14.3 Å². The number of esters is 1. The molecule has 0 unspecified atom stereocenters. The maximum absolute atomic E-state index is 11.1. The summed E-state index contributed by atoms with van der Waals surface area (Å²) >= 11 is 3.62. The first kappa shape index (κ1) is 14.5. The molecule has 0 aromatic rings. The van der Waals surface area contributed by atoms with Crippen LogP contribution >= 0.6 is 12.6 Å². The molecule has 0 radical (unpaired) electrons. The normalized spacial score (nSPS) is 10.0. The Labute approximate surface area is 97.0 Å². The first-order valence-electron chi connectivity index (χ1n) is 5.54. The molecule has 0 rings (SSSR count). The van der Waals surface area contributed by atoms with Crippen LogP contribution in [0.5, 0.6) is 0 Å². The Morgan fingerprint density at radius 3 is 2.40 bits per heavy atom. The van der Waals surface area contributed by atoms with Crippen molar-refractivity contribution in [3.63, 3.8) is 0 Å². The smallest absolute Gasteiger partial charge is 0.305 e. The second kappa shape index (κ2) is 10.0. The van der Waals surface area contributed by atoms with Crippen LogP contribution in [0, 0.1) is 0 Å². The van der Waals surface area contributed by atoms with E-state index in [4.69, 9.17) is 4.74 Å². The van der Waals surface area contributed by atoms with Crippen molar-refractivity contribution in [2.45, 2.75) is 51.9 Å². The van der Waals surface area contributed by atoms with Crippen LogP contribution in [-0.4, -0.2) is 17.7 Å². The molecule has 0 aliphatic heterocycles. The molecule has 0 aromatic heterocycles. The minimum atomic E-state index is -0.207. The van der Waals surface area contributed by atoms with Gasteiger partial charge in [0.15, 0.2) is 5.12 Å². The SMILES string of the molecule is CCCCCCOC(=O)CCCC(=O)S.